The van der Waals surface area contributed by atoms with Crippen LogP contribution < -0.4 is 19.7 Å². The lowest BCUT2D eigenvalue weighted by Crippen LogP contribution is -2.44. The monoisotopic (exact) mass is 439 g/mol. The summed E-state index contributed by atoms with van der Waals surface area (Å²) in [6.07, 6.45) is 2.26. The summed E-state index contributed by atoms with van der Waals surface area (Å²) in [6.45, 7) is 4.69. The summed E-state index contributed by atoms with van der Waals surface area (Å²) >= 11 is 0. The van der Waals surface area contributed by atoms with Gasteiger partial charge in [-0.2, -0.15) is 0 Å². The van der Waals surface area contributed by atoms with E-state index in [1.54, 1.807) is 26.4 Å². The van der Waals surface area contributed by atoms with Crippen LogP contribution in [-0.2, 0) is 11.2 Å². The predicted octanol–water partition coefficient (Wildman–Crippen LogP) is 2.89. The van der Waals surface area contributed by atoms with E-state index in [2.05, 4.69) is 40.4 Å². The summed E-state index contributed by atoms with van der Waals surface area (Å²) in [5.41, 5.74) is 4.34. The van der Waals surface area contributed by atoms with Crippen molar-refractivity contribution in [3.63, 3.8) is 0 Å². The lowest BCUT2D eigenvalue weighted by atomic mass is 9.95. The molecule has 2 aliphatic heterocycles. The van der Waals surface area contributed by atoms with Gasteiger partial charge in [0, 0.05) is 38.9 Å². The third-order valence-electron chi connectivity index (χ3n) is 6.44. The van der Waals surface area contributed by atoms with E-state index in [1.807, 2.05) is 6.07 Å². The van der Waals surface area contributed by atoms with E-state index in [0.717, 1.165) is 26.1 Å². The van der Waals surface area contributed by atoms with Crippen molar-refractivity contribution in [2.45, 2.75) is 18.9 Å². The molecule has 2 aliphatic rings. The number of aryl methyl sites for hydroxylation is 1. The first-order chi connectivity index (χ1) is 15.6. The molecule has 32 heavy (non-hydrogen) atoms. The summed E-state index contributed by atoms with van der Waals surface area (Å²) in [5.74, 6) is 0.804. The number of ether oxygens (including phenoxy) is 3. The van der Waals surface area contributed by atoms with Gasteiger partial charge in [-0.15, -0.1) is 0 Å². The second-order valence-electron chi connectivity index (χ2n) is 8.32. The van der Waals surface area contributed by atoms with Crippen LogP contribution in [0.5, 0.6) is 11.5 Å². The van der Waals surface area contributed by atoms with Crippen molar-refractivity contribution < 1.29 is 19.0 Å². The van der Waals surface area contributed by atoms with Crippen LogP contribution in [0.2, 0.25) is 0 Å². The van der Waals surface area contributed by atoms with Crippen LogP contribution >= 0.6 is 0 Å². The maximum absolute atomic E-state index is 13.2. The average molecular weight is 440 g/mol. The lowest BCUT2D eigenvalue weighted by Gasteiger charge is -2.36. The van der Waals surface area contributed by atoms with E-state index in [9.17, 15) is 4.79 Å². The number of anilines is 1. The van der Waals surface area contributed by atoms with Gasteiger partial charge in [0.15, 0.2) is 0 Å². The molecule has 0 aromatic heterocycles. The Morgan fingerprint density at radius 1 is 1.09 bits per heavy atom. The summed E-state index contributed by atoms with van der Waals surface area (Å²) in [4.78, 5) is 17.9. The number of fused-ring (bicyclic) bond motifs is 1. The van der Waals surface area contributed by atoms with Crippen molar-refractivity contribution in [2.75, 3.05) is 65.6 Å². The van der Waals surface area contributed by atoms with Gasteiger partial charge in [-0.05, 0) is 42.2 Å². The van der Waals surface area contributed by atoms with Gasteiger partial charge in [0.05, 0.1) is 33.5 Å². The Balaban J connectivity index is 1.58. The molecule has 0 unspecified atom stereocenters. The van der Waals surface area contributed by atoms with Crippen molar-refractivity contribution in [3.8, 4) is 11.5 Å². The average Bonchev–Trinajstić information content (AvgIpc) is 2.84. The van der Waals surface area contributed by atoms with Crippen LogP contribution in [0.15, 0.2) is 36.4 Å². The smallest absolute Gasteiger partial charge is 0.258 e. The van der Waals surface area contributed by atoms with Gasteiger partial charge in [-0.3, -0.25) is 9.69 Å². The maximum atomic E-state index is 13.2. The molecule has 2 aromatic rings. The Labute approximate surface area is 190 Å². The summed E-state index contributed by atoms with van der Waals surface area (Å²) in [6, 6.07) is 12.2. The minimum absolute atomic E-state index is 0.0704. The normalized spacial score (nSPS) is 17.4. The summed E-state index contributed by atoms with van der Waals surface area (Å²) in [7, 11) is 5.27. The molecule has 2 aromatic carbocycles. The second kappa shape index (κ2) is 10.2. The number of nitrogens with one attached hydrogen (secondary N) is 1. The number of hydrogen-bond donors (Lipinski definition) is 1. The van der Waals surface area contributed by atoms with Gasteiger partial charge in [0.25, 0.3) is 5.91 Å². The maximum Gasteiger partial charge on any atom is 0.258 e. The van der Waals surface area contributed by atoms with Crippen LogP contribution in [-0.4, -0.2) is 71.5 Å². The van der Waals surface area contributed by atoms with Gasteiger partial charge in [-0.1, -0.05) is 18.2 Å². The first kappa shape index (κ1) is 22.4. The molecule has 1 N–H and O–H groups in total. The van der Waals surface area contributed by atoms with Gasteiger partial charge >= 0.3 is 0 Å². The van der Waals surface area contributed by atoms with E-state index in [1.165, 1.54) is 23.2 Å². The van der Waals surface area contributed by atoms with Gasteiger partial charge in [0.1, 0.15) is 17.1 Å². The Kier molecular flexibility index (Phi) is 7.17. The van der Waals surface area contributed by atoms with Crippen LogP contribution in [0.1, 0.15) is 33.9 Å². The summed E-state index contributed by atoms with van der Waals surface area (Å²) in [5, 5.41) is 3.14. The van der Waals surface area contributed by atoms with Crippen LogP contribution in [0.3, 0.4) is 0 Å². The van der Waals surface area contributed by atoms with Crippen LogP contribution in [0.4, 0.5) is 5.69 Å². The lowest BCUT2D eigenvalue weighted by molar-refractivity contribution is 0.0162. The highest BCUT2D eigenvalue weighted by Gasteiger charge is 2.26. The molecule has 7 nitrogen and oxygen atoms in total. The molecule has 0 radical (unpaired) electrons. The number of hydrogen-bond acceptors (Lipinski definition) is 6. The standard InChI is InChI=1S/C25H33N3O4/c1-27-11-5-6-18-16-19(9-10-20(18)27)21(28-12-14-32-15-13-28)17-26-25(29)24-22(30-2)7-4-8-23(24)31-3/h4,7-10,16,21H,5-6,11-15,17H2,1-3H3,(H,26,29)/t21-/m1/s1. The molecule has 1 amide bonds. The van der Waals surface area contributed by atoms with E-state index in [0.29, 0.717) is 36.8 Å². The number of benzene rings is 2. The Morgan fingerprint density at radius 3 is 2.50 bits per heavy atom. The number of morpholine rings is 1. The van der Waals surface area contributed by atoms with Crippen molar-refractivity contribution in [1.82, 2.24) is 10.2 Å². The van der Waals surface area contributed by atoms with Crippen LogP contribution in [0.25, 0.3) is 0 Å². The van der Waals surface area contributed by atoms with E-state index in [4.69, 9.17) is 14.2 Å². The van der Waals surface area contributed by atoms with E-state index < -0.39 is 0 Å². The molecule has 0 spiro atoms. The minimum atomic E-state index is -0.199. The Hall–Kier alpha value is -2.77. The van der Waals surface area contributed by atoms with Crippen molar-refractivity contribution in [2.24, 2.45) is 0 Å². The number of methoxy groups -OCH3 is 2. The highest BCUT2D eigenvalue weighted by molar-refractivity contribution is 5.99. The van der Waals surface area contributed by atoms with E-state index >= 15 is 0 Å². The molecule has 7 heteroatoms. The van der Waals surface area contributed by atoms with Crippen LogP contribution in [0, 0.1) is 0 Å². The van der Waals surface area contributed by atoms with E-state index in [-0.39, 0.29) is 11.9 Å². The third kappa shape index (κ3) is 4.69. The number of amides is 1. The molecular formula is C25H33N3O4. The topological polar surface area (TPSA) is 63.3 Å². The first-order valence-electron chi connectivity index (χ1n) is 11.3. The molecule has 1 saturated heterocycles. The fourth-order valence-electron chi connectivity index (χ4n) is 4.71. The zero-order chi connectivity index (χ0) is 22.5. The van der Waals surface area contributed by atoms with Crippen molar-refractivity contribution in [3.05, 3.63) is 53.1 Å². The Morgan fingerprint density at radius 2 is 1.81 bits per heavy atom. The first-order valence-corrected chi connectivity index (χ1v) is 11.3. The zero-order valence-corrected chi connectivity index (χ0v) is 19.2. The number of carbonyl (C=O) groups is 1. The van der Waals surface area contributed by atoms with Gasteiger partial charge < -0.3 is 24.4 Å². The number of carbonyl (C=O) groups excluding carboxylic acids is 1. The molecule has 172 valence electrons. The molecule has 1 atom stereocenters. The molecule has 1 fully saturated rings. The van der Waals surface area contributed by atoms with Crippen molar-refractivity contribution in [1.29, 1.82) is 0 Å². The fraction of sp³-hybridized carbons (Fsp3) is 0.480. The largest absolute Gasteiger partial charge is 0.496 e. The molecule has 2 heterocycles. The SMILES string of the molecule is COc1cccc(OC)c1C(=O)NC[C@H](c1ccc2c(c1)CCCN2C)N1CCOCC1. The predicted molar refractivity (Wildman–Crippen MR) is 125 cm³/mol. The number of rotatable bonds is 7. The molecule has 0 saturated carbocycles. The van der Waals surface area contributed by atoms with Gasteiger partial charge in [-0.25, -0.2) is 0 Å². The third-order valence-corrected chi connectivity index (χ3v) is 6.44. The van der Waals surface area contributed by atoms with Crippen molar-refractivity contribution >= 4 is 11.6 Å². The van der Waals surface area contributed by atoms with Gasteiger partial charge in [0.2, 0.25) is 0 Å². The number of nitrogens with zero attached hydrogens (tertiary/aromatic N) is 2. The Bertz CT molecular complexity index is 921. The molecule has 4 rings (SSSR count). The molecule has 0 bridgehead atoms. The fourth-order valence-corrected chi connectivity index (χ4v) is 4.71. The molecular weight excluding hydrogens is 406 g/mol. The zero-order valence-electron chi connectivity index (χ0n) is 19.2. The second-order valence-corrected chi connectivity index (χ2v) is 8.32. The quantitative estimate of drug-likeness (QED) is 0.716. The summed E-state index contributed by atoms with van der Waals surface area (Å²) < 4.78 is 16.4. The molecule has 0 aliphatic carbocycles. The highest BCUT2D eigenvalue weighted by atomic mass is 16.5. The minimum Gasteiger partial charge on any atom is -0.496 e. The highest BCUT2D eigenvalue weighted by Crippen LogP contribution is 2.32.